The molecule has 0 spiro atoms. The fraction of sp³-hybridized carbons (Fsp3) is 0.375. The second-order valence-corrected chi connectivity index (χ2v) is 16.6. The Morgan fingerprint density at radius 3 is 2.33 bits per heavy atom. The Balaban J connectivity index is 1.52. The van der Waals surface area contributed by atoms with Crippen LogP contribution in [0.2, 0.25) is 0 Å². The van der Waals surface area contributed by atoms with Gasteiger partial charge in [-0.2, -0.15) is 4.31 Å². The fourth-order valence-corrected chi connectivity index (χ4v) is 9.01. The molecule has 0 radical (unpaired) electrons. The first-order valence-corrected chi connectivity index (χ1v) is 18.9. The maximum absolute atomic E-state index is 13.8. The minimum atomic E-state index is -4.05. The van der Waals surface area contributed by atoms with Gasteiger partial charge in [-0.3, -0.25) is 14.6 Å². The van der Waals surface area contributed by atoms with Crippen LogP contribution in [0.25, 0.3) is 10.2 Å². The molecular weight excluding hydrogens is 649 g/mol. The number of benzene rings is 2. The smallest absolute Gasteiger partial charge is 0.243 e. The van der Waals surface area contributed by atoms with Crippen molar-refractivity contribution in [1.29, 1.82) is 0 Å². The lowest BCUT2D eigenvalue weighted by atomic mass is 10.00. The monoisotopic (exact) mass is 686 g/mol. The number of aliphatic hydroxyl groups excluding tert-OH is 1. The van der Waals surface area contributed by atoms with Gasteiger partial charge in [0.25, 0.3) is 0 Å². The number of amides is 1. The highest BCUT2D eigenvalue weighted by atomic mass is 32.2. The molecule has 14 heteroatoms. The van der Waals surface area contributed by atoms with Crippen LogP contribution in [0.1, 0.15) is 36.7 Å². The Hall–Kier alpha value is -3.56. The molecule has 246 valence electrons. The molecule has 2 heterocycles. The normalized spacial score (nSPS) is 14.3. The van der Waals surface area contributed by atoms with E-state index in [-0.39, 0.29) is 35.9 Å². The van der Waals surface area contributed by atoms with Gasteiger partial charge in [-0.15, -0.1) is 11.3 Å². The van der Waals surface area contributed by atoms with Crippen LogP contribution in [-0.4, -0.2) is 84.6 Å². The summed E-state index contributed by atoms with van der Waals surface area (Å²) in [5, 5.41) is 14.3. The lowest BCUT2D eigenvalue weighted by molar-refractivity contribution is -0.125. The van der Waals surface area contributed by atoms with E-state index >= 15 is 0 Å². The molecule has 0 saturated carbocycles. The Bertz CT molecular complexity index is 1850. The van der Waals surface area contributed by atoms with Crippen molar-refractivity contribution in [3.8, 4) is 0 Å². The SMILES string of the molecule is CC(C)CN(C[C@@H](O)C(Cc1ccccc1)NC(=O)[C@H](C)CS(=O)(=O)CC(=O)c1ccncc1)S(=O)(=O)c1ccc2ncsc2c1. The van der Waals surface area contributed by atoms with Gasteiger partial charge in [0.15, 0.2) is 15.6 Å². The van der Waals surface area contributed by atoms with Crippen molar-refractivity contribution in [2.75, 3.05) is 24.6 Å². The van der Waals surface area contributed by atoms with Gasteiger partial charge in [0.05, 0.1) is 38.5 Å². The third kappa shape index (κ3) is 9.48. The van der Waals surface area contributed by atoms with Crippen LogP contribution < -0.4 is 5.32 Å². The van der Waals surface area contributed by atoms with Gasteiger partial charge in [0, 0.05) is 37.0 Å². The minimum absolute atomic E-state index is 0.0703. The van der Waals surface area contributed by atoms with Crippen molar-refractivity contribution in [2.45, 2.75) is 44.2 Å². The number of sulfone groups is 1. The number of carbonyl (C=O) groups excluding carboxylic acids is 2. The number of pyridine rings is 1. The van der Waals surface area contributed by atoms with E-state index in [0.29, 0.717) is 10.2 Å². The average molecular weight is 687 g/mol. The van der Waals surface area contributed by atoms with E-state index in [1.807, 2.05) is 32.0 Å². The summed E-state index contributed by atoms with van der Waals surface area (Å²) in [5.74, 6) is -3.72. The highest BCUT2D eigenvalue weighted by molar-refractivity contribution is 7.92. The number of aromatic nitrogens is 2. The third-order valence-corrected chi connectivity index (χ3v) is 11.6. The lowest BCUT2D eigenvalue weighted by Gasteiger charge is -2.31. The predicted molar refractivity (Wildman–Crippen MR) is 178 cm³/mol. The van der Waals surface area contributed by atoms with Gasteiger partial charge in [0.1, 0.15) is 5.75 Å². The van der Waals surface area contributed by atoms with Crippen molar-refractivity contribution in [3.05, 3.63) is 89.7 Å². The molecule has 0 saturated heterocycles. The molecule has 11 nitrogen and oxygen atoms in total. The summed E-state index contributed by atoms with van der Waals surface area (Å²) in [4.78, 5) is 33.9. The first kappa shape index (κ1) is 35.3. The number of rotatable bonds is 16. The number of fused-ring (bicyclic) bond motifs is 1. The van der Waals surface area contributed by atoms with Crippen molar-refractivity contribution >= 4 is 53.1 Å². The standard InChI is InChI=1S/C32H38N4O7S3/c1-22(2)17-36(46(42,43)26-9-10-27-31(16-26)44-21-34-27)18-29(37)28(15-24-7-5-4-6-8-24)35-32(39)23(3)19-45(40,41)20-30(38)25-11-13-33-14-12-25/h4-14,16,21-23,28-29,37H,15,17-20H2,1-3H3,(H,35,39)/t23-,28?,29-/m1/s1. The molecule has 1 unspecified atom stereocenters. The third-order valence-electron chi connectivity index (χ3n) is 7.30. The zero-order valence-electron chi connectivity index (χ0n) is 25.8. The topological polar surface area (TPSA) is 164 Å². The Morgan fingerprint density at radius 1 is 0.957 bits per heavy atom. The van der Waals surface area contributed by atoms with Crippen LogP contribution in [0.15, 0.2) is 83.5 Å². The number of sulfonamides is 1. The van der Waals surface area contributed by atoms with Gasteiger partial charge in [-0.05, 0) is 48.2 Å². The summed E-state index contributed by atoms with van der Waals surface area (Å²) in [6, 6.07) is 15.7. The largest absolute Gasteiger partial charge is 0.390 e. The first-order chi connectivity index (χ1) is 21.7. The summed E-state index contributed by atoms with van der Waals surface area (Å²) in [7, 11) is -8.01. The predicted octanol–water partition coefficient (Wildman–Crippen LogP) is 3.36. The summed E-state index contributed by atoms with van der Waals surface area (Å²) in [5.41, 5.74) is 3.31. The molecule has 0 aliphatic heterocycles. The number of thiazole rings is 1. The zero-order chi connectivity index (χ0) is 33.5. The maximum Gasteiger partial charge on any atom is 0.243 e. The van der Waals surface area contributed by atoms with E-state index in [1.54, 1.807) is 29.8 Å². The van der Waals surface area contributed by atoms with Gasteiger partial charge < -0.3 is 10.4 Å². The van der Waals surface area contributed by atoms with Gasteiger partial charge in [-0.25, -0.2) is 21.8 Å². The van der Waals surface area contributed by atoms with Gasteiger partial charge in [-0.1, -0.05) is 51.1 Å². The van der Waals surface area contributed by atoms with Crippen molar-refractivity contribution in [2.24, 2.45) is 11.8 Å². The number of nitrogens with zero attached hydrogens (tertiary/aromatic N) is 3. The van der Waals surface area contributed by atoms with E-state index < -0.39 is 61.1 Å². The molecular formula is C32H38N4O7S3. The van der Waals surface area contributed by atoms with Crippen molar-refractivity contribution in [1.82, 2.24) is 19.6 Å². The Labute approximate surface area is 273 Å². The molecule has 2 N–H and O–H groups in total. The summed E-state index contributed by atoms with van der Waals surface area (Å²) >= 11 is 1.32. The summed E-state index contributed by atoms with van der Waals surface area (Å²) < 4.78 is 55.3. The van der Waals surface area contributed by atoms with Crippen LogP contribution in [0, 0.1) is 11.8 Å². The van der Waals surface area contributed by atoms with E-state index in [9.17, 15) is 31.5 Å². The van der Waals surface area contributed by atoms with Crippen LogP contribution in [0.5, 0.6) is 0 Å². The summed E-state index contributed by atoms with van der Waals surface area (Å²) in [6.45, 7) is 4.97. The number of Topliss-reactive ketones (excluding diaryl/α,β-unsaturated/α-hetero) is 1. The minimum Gasteiger partial charge on any atom is -0.390 e. The van der Waals surface area contributed by atoms with Gasteiger partial charge >= 0.3 is 0 Å². The quantitative estimate of drug-likeness (QED) is 0.168. The van der Waals surface area contributed by atoms with Crippen LogP contribution in [0.3, 0.4) is 0 Å². The molecule has 3 atom stereocenters. The Kier molecular flexibility index (Phi) is 11.8. The number of hydrogen-bond acceptors (Lipinski definition) is 10. The molecule has 46 heavy (non-hydrogen) atoms. The zero-order valence-corrected chi connectivity index (χ0v) is 28.3. The molecule has 2 aromatic carbocycles. The number of aliphatic hydroxyl groups is 1. The number of nitrogens with one attached hydrogen (secondary N) is 1. The van der Waals surface area contributed by atoms with E-state index in [2.05, 4.69) is 15.3 Å². The van der Waals surface area contributed by atoms with E-state index in [0.717, 1.165) is 5.56 Å². The molecule has 1 amide bonds. The van der Waals surface area contributed by atoms with Crippen LogP contribution in [0.4, 0.5) is 0 Å². The second-order valence-electron chi connectivity index (χ2n) is 11.7. The van der Waals surface area contributed by atoms with Crippen LogP contribution in [-0.2, 0) is 31.1 Å². The molecule has 0 aliphatic rings. The Morgan fingerprint density at radius 2 is 1.65 bits per heavy atom. The molecule has 0 bridgehead atoms. The van der Waals surface area contributed by atoms with E-state index in [1.165, 1.54) is 53.2 Å². The lowest BCUT2D eigenvalue weighted by Crippen LogP contribution is -2.52. The average Bonchev–Trinajstić information content (AvgIpc) is 3.49. The van der Waals surface area contributed by atoms with Crippen LogP contribution >= 0.6 is 11.3 Å². The van der Waals surface area contributed by atoms with Gasteiger partial charge in [0.2, 0.25) is 15.9 Å². The first-order valence-electron chi connectivity index (χ1n) is 14.7. The summed E-state index contributed by atoms with van der Waals surface area (Å²) in [6.07, 6.45) is 1.60. The number of hydrogen-bond donors (Lipinski definition) is 2. The highest BCUT2D eigenvalue weighted by Gasteiger charge is 2.33. The number of ketones is 1. The molecule has 2 aromatic heterocycles. The molecule has 4 aromatic rings. The van der Waals surface area contributed by atoms with Crippen molar-refractivity contribution < 1.29 is 31.5 Å². The van der Waals surface area contributed by atoms with E-state index in [4.69, 9.17) is 0 Å². The second kappa shape index (κ2) is 15.4. The molecule has 0 fully saturated rings. The van der Waals surface area contributed by atoms with Crippen molar-refractivity contribution in [3.63, 3.8) is 0 Å². The highest BCUT2D eigenvalue weighted by Crippen LogP contribution is 2.25. The molecule has 0 aliphatic carbocycles. The molecule has 4 rings (SSSR count). The number of carbonyl (C=O) groups is 2. The maximum atomic E-state index is 13.8. The fourth-order valence-electron chi connectivity index (χ4n) is 4.97.